The van der Waals surface area contributed by atoms with Crippen molar-refractivity contribution in [3.8, 4) is 0 Å². The van der Waals surface area contributed by atoms with Crippen molar-refractivity contribution in [1.82, 2.24) is 14.5 Å². The molecule has 1 atom stereocenters. The van der Waals surface area contributed by atoms with Crippen LogP contribution in [-0.4, -0.2) is 60.4 Å². The Kier molecular flexibility index (Phi) is 6.33. The third-order valence-corrected chi connectivity index (χ3v) is 7.31. The van der Waals surface area contributed by atoms with Gasteiger partial charge in [-0.25, -0.2) is 8.42 Å². The summed E-state index contributed by atoms with van der Waals surface area (Å²) in [5.41, 5.74) is 0.858. The topological polar surface area (TPSA) is 86.8 Å². The molecule has 2 fully saturated rings. The first-order valence-corrected chi connectivity index (χ1v) is 12.1. The second kappa shape index (κ2) is 8.44. The van der Waals surface area contributed by atoms with Crippen LogP contribution in [0, 0.1) is 0 Å². The number of hydrogen-bond acceptors (Lipinski definition) is 4. The molecule has 8 heteroatoms. The number of benzene rings is 1. The van der Waals surface area contributed by atoms with Gasteiger partial charge in [0.05, 0.1) is 12.8 Å². The Morgan fingerprint density at radius 1 is 1.17 bits per heavy atom. The molecule has 3 rings (SSSR count). The summed E-state index contributed by atoms with van der Waals surface area (Å²) in [5, 5.41) is 3.06. The molecular formula is C21H31N3O4S. The molecule has 160 valence electrons. The van der Waals surface area contributed by atoms with Crippen molar-refractivity contribution >= 4 is 21.8 Å². The molecule has 0 radical (unpaired) electrons. The van der Waals surface area contributed by atoms with Gasteiger partial charge in [-0.1, -0.05) is 44.0 Å². The number of aryl methyl sites for hydroxylation is 1. The lowest BCUT2D eigenvalue weighted by atomic mass is 9.94. The van der Waals surface area contributed by atoms with Gasteiger partial charge in [0.15, 0.2) is 0 Å². The lowest BCUT2D eigenvalue weighted by Gasteiger charge is -2.47. The van der Waals surface area contributed by atoms with Crippen LogP contribution in [0.5, 0.6) is 0 Å². The van der Waals surface area contributed by atoms with E-state index < -0.39 is 15.6 Å². The van der Waals surface area contributed by atoms with E-state index in [4.69, 9.17) is 0 Å². The fraction of sp³-hybridized carbons (Fsp3) is 0.619. The Hall–Kier alpha value is -1.93. The summed E-state index contributed by atoms with van der Waals surface area (Å²) in [6, 6.07) is 8.05. The van der Waals surface area contributed by atoms with Crippen LogP contribution in [0.4, 0.5) is 0 Å². The van der Waals surface area contributed by atoms with Gasteiger partial charge in [-0.3, -0.25) is 9.59 Å². The largest absolute Gasteiger partial charge is 0.351 e. The van der Waals surface area contributed by atoms with Crippen molar-refractivity contribution in [2.24, 2.45) is 0 Å². The number of carbonyl (C=O) groups excluding carboxylic acids is 2. The van der Waals surface area contributed by atoms with E-state index in [1.54, 1.807) is 11.8 Å². The highest BCUT2D eigenvalue weighted by Crippen LogP contribution is 2.28. The number of amides is 2. The van der Waals surface area contributed by atoms with Gasteiger partial charge < -0.3 is 10.2 Å². The van der Waals surface area contributed by atoms with E-state index in [1.807, 2.05) is 24.3 Å². The van der Waals surface area contributed by atoms with Crippen LogP contribution in [0.3, 0.4) is 0 Å². The zero-order valence-corrected chi connectivity index (χ0v) is 18.3. The molecule has 1 aromatic rings. The Morgan fingerprint density at radius 2 is 1.76 bits per heavy atom. The van der Waals surface area contributed by atoms with E-state index >= 15 is 0 Å². The summed E-state index contributed by atoms with van der Waals surface area (Å²) in [6.45, 7) is 3.75. The second-order valence-electron chi connectivity index (χ2n) is 8.41. The molecule has 0 aromatic heterocycles. The molecular weight excluding hydrogens is 390 g/mol. The molecule has 1 N–H and O–H groups in total. The SMILES string of the molecule is CCc1ccc(CN2C(=O)CN(S(C)(=O)=O)C[C@]2(C)C(=O)NC2CCCC2)cc1. The first kappa shape index (κ1) is 21.8. The van der Waals surface area contributed by atoms with Crippen LogP contribution in [-0.2, 0) is 32.6 Å². The minimum atomic E-state index is -3.59. The number of rotatable bonds is 6. The van der Waals surface area contributed by atoms with E-state index in [0.29, 0.717) is 0 Å². The van der Waals surface area contributed by atoms with E-state index in [1.165, 1.54) is 5.56 Å². The van der Waals surface area contributed by atoms with E-state index in [0.717, 1.165) is 48.2 Å². The standard InChI is InChI=1S/C21H31N3O4S/c1-4-16-9-11-17(12-10-16)13-24-19(25)14-23(29(3,27)28)15-21(24,2)20(26)22-18-7-5-6-8-18/h9-12,18H,4-8,13-15H2,1-3H3,(H,22,26)/t21-/m1/s1. The Bertz CT molecular complexity index is 862. The van der Waals surface area contributed by atoms with Crippen molar-refractivity contribution in [2.75, 3.05) is 19.3 Å². The molecule has 7 nitrogen and oxygen atoms in total. The van der Waals surface area contributed by atoms with Crippen molar-refractivity contribution < 1.29 is 18.0 Å². The Labute approximate surface area is 173 Å². The fourth-order valence-corrected chi connectivity index (χ4v) is 4.99. The van der Waals surface area contributed by atoms with Crippen molar-refractivity contribution in [2.45, 2.75) is 64.1 Å². The number of carbonyl (C=O) groups is 2. The van der Waals surface area contributed by atoms with Crippen LogP contribution < -0.4 is 5.32 Å². The number of nitrogens with zero attached hydrogens (tertiary/aromatic N) is 2. The lowest BCUT2D eigenvalue weighted by Crippen LogP contribution is -2.69. The minimum Gasteiger partial charge on any atom is -0.351 e. The molecule has 1 aromatic carbocycles. The highest BCUT2D eigenvalue weighted by Gasteiger charge is 2.49. The van der Waals surface area contributed by atoms with Gasteiger partial charge in [-0.05, 0) is 37.3 Å². The summed E-state index contributed by atoms with van der Waals surface area (Å²) >= 11 is 0. The van der Waals surface area contributed by atoms with Gasteiger partial charge >= 0.3 is 0 Å². The van der Waals surface area contributed by atoms with Crippen molar-refractivity contribution in [3.63, 3.8) is 0 Å². The third kappa shape index (κ3) is 4.80. The second-order valence-corrected chi connectivity index (χ2v) is 10.4. The highest BCUT2D eigenvalue weighted by atomic mass is 32.2. The van der Waals surface area contributed by atoms with Gasteiger partial charge in [-0.2, -0.15) is 4.31 Å². The predicted molar refractivity (Wildman–Crippen MR) is 112 cm³/mol. The quantitative estimate of drug-likeness (QED) is 0.757. The summed E-state index contributed by atoms with van der Waals surface area (Å²) in [6.07, 6.45) is 5.99. The normalized spacial score (nSPS) is 24.1. The average molecular weight is 422 g/mol. The fourth-order valence-electron chi connectivity index (χ4n) is 4.16. The molecule has 2 amide bonds. The first-order valence-electron chi connectivity index (χ1n) is 10.3. The van der Waals surface area contributed by atoms with Crippen LogP contribution in [0.1, 0.15) is 50.7 Å². The van der Waals surface area contributed by atoms with E-state index in [2.05, 4.69) is 12.2 Å². The average Bonchev–Trinajstić information content (AvgIpc) is 3.17. The van der Waals surface area contributed by atoms with Gasteiger partial charge in [0.1, 0.15) is 5.54 Å². The van der Waals surface area contributed by atoms with Gasteiger partial charge in [0, 0.05) is 19.1 Å². The Morgan fingerprint density at radius 3 is 2.31 bits per heavy atom. The first-order chi connectivity index (χ1) is 13.6. The number of piperazine rings is 1. The molecule has 0 spiro atoms. The highest BCUT2D eigenvalue weighted by molar-refractivity contribution is 7.88. The molecule has 1 saturated heterocycles. The Balaban J connectivity index is 1.89. The number of hydrogen-bond donors (Lipinski definition) is 1. The molecule has 0 bridgehead atoms. The molecule has 1 aliphatic carbocycles. The summed E-state index contributed by atoms with van der Waals surface area (Å²) in [7, 11) is -3.59. The maximum Gasteiger partial charge on any atom is 0.247 e. The van der Waals surface area contributed by atoms with Gasteiger partial charge in [0.25, 0.3) is 0 Å². The number of sulfonamides is 1. The summed E-state index contributed by atoms with van der Waals surface area (Å²) in [5.74, 6) is -0.637. The minimum absolute atomic E-state index is 0.0385. The van der Waals surface area contributed by atoms with E-state index in [9.17, 15) is 18.0 Å². The summed E-state index contributed by atoms with van der Waals surface area (Å²) in [4.78, 5) is 27.8. The molecule has 2 aliphatic rings. The number of nitrogens with one attached hydrogen (secondary N) is 1. The smallest absolute Gasteiger partial charge is 0.247 e. The van der Waals surface area contributed by atoms with Crippen LogP contribution in [0.15, 0.2) is 24.3 Å². The van der Waals surface area contributed by atoms with E-state index in [-0.39, 0.29) is 37.5 Å². The van der Waals surface area contributed by atoms with Gasteiger partial charge in [0.2, 0.25) is 21.8 Å². The molecule has 1 heterocycles. The van der Waals surface area contributed by atoms with Crippen LogP contribution >= 0.6 is 0 Å². The zero-order chi connectivity index (χ0) is 21.2. The van der Waals surface area contributed by atoms with Crippen molar-refractivity contribution in [3.05, 3.63) is 35.4 Å². The monoisotopic (exact) mass is 421 g/mol. The maximum absolute atomic E-state index is 13.3. The molecule has 29 heavy (non-hydrogen) atoms. The molecule has 1 aliphatic heterocycles. The zero-order valence-electron chi connectivity index (χ0n) is 17.5. The molecule has 0 unspecified atom stereocenters. The summed E-state index contributed by atoms with van der Waals surface area (Å²) < 4.78 is 25.4. The van der Waals surface area contributed by atoms with Crippen LogP contribution in [0.25, 0.3) is 0 Å². The third-order valence-electron chi connectivity index (χ3n) is 6.11. The van der Waals surface area contributed by atoms with Gasteiger partial charge in [-0.15, -0.1) is 0 Å². The lowest BCUT2D eigenvalue weighted by molar-refractivity contribution is -0.154. The predicted octanol–water partition coefficient (Wildman–Crippen LogP) is 1.67. The van der Waals surface area contributed by atoms with Crippen molar-refractivity contribution in [1.29, 1.82) is 0 Å². The molecule has 1 saturated carbocycles. The van der Waals surface area contributed by atoms with Crippen LogP contribution in [0.2, 0.25) is 0 Å². The maximum atomic E-state index is 13.3.